The van der Waals surface area contributed by atoms with Crippen LogP contribution < -0.4 is 4.74 Å². The van der Waals surface area contributed by atoms with Crippen LogP contribution in [0.4, 0.5) is 0 Å². The van der Waals surface area contributed by atoms with Crippen molar-refractivity contribution in [3.8, 4) is 5.75 Å². The SMILES string of the molecule is CCOc1ccc(C(O)C2CCC(C)CC2)cc1Br. The number of rotatable bonds is 4. The molecule has 1 aliphatic carbocycles. The van der Waals surface area contributed by atoms with Gasteiger partial charge in [-0.25, -0.2) is 0 Å². The second kappa shape index (κ2) is 6.76. The number of ether oxygens (including phenoxy) is 1. The fourth-order valence-corrected chi connectivity index (χ4v) is 3.36. The Bertz CT molecular complexity index is 411. The molecule has 0 heterocycles. The smallest absolute Gasteiger partial charge is 0.133 e. The number of aliphatic hydroxyl groups is 1. The van der Waals surface area contributed by atoms with Crippen LogP contribution in [0.15, 0.2) is 22.7 Å². The molecule has 1 atom stereocenters. The Morgan fingerprint density at radius 3 is 2.58 bits per heavy atom. The number of hydrogen-bond donors (Lipinski definition) is 1. The summed E-state index contributed by atoms with van der Waals surface area (Å²) in [5.41, 5.74) is 0.995. The van der Waals surface area contributed by atoms with Gasteiger partial charge in [-0.05, 0) is 65.2 Å². The van der Waals surface area contributed by atoms with Crippen molar-refractivity contribution in [2.24, 2.45) is 11.8 Å². The fraction of sp³-hybridized carbons (Fsp3) is 0.625. The first-order chi connectivity index (χ1) is 9.11. The van der Waals surface area contributed by atoms with E-state index in [0.717, 1.165) is 34.5 Å². The summed E-state index contributed by atoms with van der Waals surface area (Å²) in [6.45, 7) is 4.93. The van der Waals surface area contributed by atoms with E-state index in [9.17, 15) is 5.11 Å². The molecule has 3 heteroatoms. The first kappa shape index (κ1) is 14.9. The number of benzene rings is 1. The van der Waals surface area contributed by atoms with Gasteiger partial charge in [0.05, 0.1) is 17.2 Å². The lowest BCUT2D eigenvalue weighted by Gasteiger charge is -2.30. The van der Waals surface area contributed by atoms with Crippen LogP contribution in [-0.2, 0) is 0 Å². The Kier molecular flexibility index (Phi) is 5.28. The van der Waals surface area contributed by atoms with Gasteiger partial charge in [0.1, 0.15) is 5.75 Å². The van der Waals surface area contributed by atoms with E-state index in [1.54, 1.807) is 0 Å². The second-order valence-corrected chi connectivity index (χ2v) is 6.44. The lowest BCUT2D eigenvalue weighted by atomic mass is 9.78. The quantitative estimate of drug-likeness (QED) is 0.868. The third-order valence-electron chi connectivity index (χ3n) is 4.10. The predicted octanol–water partition coefficient (Wildman–Crippen LogP) is 4.71. The van der Waals surface area contributed by atoms with Gasteiger partial charge in [-0.15, -0.1) is 0 Å². The summed E-state index contributed by atoms with van der Waals surface area (Å²) >= 11 is 3.51. The summed E-state index contributed by atoms with van der Waals surface area (Å²) in [4.78, 5) is 0. The molecule has 0 spiro atoms. The molecule has 0 bridgehead atoms. The molecule has 2 nitrogen and oxygen atoms in total. The van der Waals surface area contributed by atoms with Gasteiger partial charge < -0.3 is 9.84 Å². The van der Waals surface area contributed by atoms with Gasteiger partial charge in [-0.2, -0.15) is 0 Å². The molecule has 2 rings (SSSR count). The highest BCUT2D eigenvalue weighted by Crippen LogP contribution is 2.38. The number of hydrogen-bond acceptors (Lipinski definition) is 2. The van der Waals surface area contributed by atoms with Crippen LogP contribution in [0, 0.1) is 11.8 Å². The zero-order chi connectivity index (χ0) is 13.8. The maximum Gasteiger partial charge on any atom is 0.133 e. The monoisotopic (exact) mass is 326 g/mol. The van der Waals surface area contributed by atoms with Crippen LogP contribution >= 0.6 is 15.9 Å². The standard InChI is InChI=1S/C16H23BrO2/c1-3-19-15-9-8-13(10-14(15)17)16(18)12-6-4-11(2)5-7-12/h8-12,16,18H,3-7H2,1-2H3. The minimum Gasteiger partial charge on any atom is -0.493 e. The molecular formula is C16H23BrO2. The maximum atomic E-state index is 10.5. The van der Waals surface area contributed by atoms with Crippen molar-refractivity contribution in [3.63, 3.8) is 0 Å². The van der Waals surface area contributed by atoms with Crippen molar-refractivity contribution in [1.82, 2.24) is 0 Å². The van der Waals surface area contributed by atoms with Gasteiger partial charge in [0, 0.05) is 0 Å². The zero-order valence-corrected chi connectivity index (χ0v) is 13.3. The van der Waals surface area contributed by atoms with Gasteiger partial charge in [-0.1, -0.05) is 25.8 Å². The van der Waals surface area contributed by atoms with Gasteiger partial charge >= 0.3 is 0 Å². The Balaban J connectivity index is 2.06. The topological polar surface area (TPSA) is 29.5 Å². The molecule has 0 aliphatic heterocycles. The van der Waals surface area contributed by atoms with Crippen LogP contribution in [0.2, 0.25) is 0 Å². The molecule has 0 amide bonds. The second-order valence-electron chi connectivity index (χ2n) is 5.59. The van der Waals surface area contributed by atoms with Crippen molar-refractivity contribution >= 4 is 15.9 Å². The molecule has 0 saturated heterocycles. The molecule has 106 valence electrons. The molecule has 1 saturated carbocycles. The summed E-state index contributed by atoms with van der Waals surface area (Å²) in [5.74, 6) is 2.06. The van der Waals surface area contributed by atoms with Gasteiger partial charge in [-0.3, -0.25) is 0 Å². The summed E-state index contributed by atoms with van der Waals surface area (Å²) in [6, 6.07) is 5.92. The molecule has 0 radical (unpaired) electrons. The Morgan fingerprint density at radius 2 is 2.00 bits per heavy atom. The lowest BCUT2D eigenvalue weighted by molar-refractivity contribution is 0.0755. The molecule has 1 aromatic rings. The summed E-state index contributed by atoms with van der Waals surface area (Å²) < 4.78 is 6.43. The van der Waals surface area contributed by atoms with Crippen LogP contribution in [-0.4, -0.2) is 11.7 Å². The van der Waals surface area contributed by atoms with Crippen molar-refractivity contribution in [2.45, 2.75) is 45.6 Å². The Labute approximate surface area is 124 Å². The van der Waals surface area contributed by atoms with E-state index in [-0.39, 0.29) is 6.10 Å². The van der Waals surface area contributed by atoms with Gasteiger partial charge in [0.2, 0.25) is 0 Å². The molecular weight excluding hydrogens is 304 g/mol. The minimum absolute atomic E-state index is 0.348. The fourth-order valence-electron chi connectivity index (χ4n) is 2.85. The third-order valence-corrected chi connectivity index (χ3v) is 4.72. The highest BCUT2D eigenvalue weighted by molar-refractivity contribution is 9.10. The minimum atomic E-state index is -0.348. The van der Waals surface area contributed by atoms with E-state index >= 15 is 0 Å². The van der Waals surface area contributed by atoms with E-state index in [1.165, 1.54) is 12.8 Å². The van der Waals surface area contributed by atoms with E-state index < -0.39 is 0 Å². The zero-order valence-electron chi connectivity index (χ0n) is 11.7. The third kappa shape index (κ3) is 3.73. The predicted molar refractivity (Wildman–Crippen MR) is 81.4 cm³/mol. The van der Waals surface area contributed by atoms with Crippen LogP contribution in [0.3, 0.4) is 0 Å². The highest BCUT2D eigenvalue weighted by Gasteiger charge is 2.26. The van der Waals surface area contributed by atoms with Crippen molar-refractivity contribution in [3.05, 3.63) is 28.2 Å². The molecule has 0 aromatic heterocycles. The lowest BCUT2D eigenvalue weighted by Crippen LogP contribution is -2.19. The van der Waals surface area contributed by atoms with Crippen molar-refractivity contribution in [1.29, 1.82) is 0 Å². The van der Waals surface area contributed by atoms with Gasteiger partial charge in [0.25, 0.3) is 0 Å². The normalized spacial score (nSPS) is 25.1. The number of halogens is 1. The van der Waals surface area contributed by atoms with Crippen LogP contribution in [0.1, 0.15) is 51.2 Å². The van der Waals surface area contributed by atoms with Crippen molar-refractivity contribution in [2.75, 3.05) is 6.61 Å². The van der Waals surface area contributed by atoms with E-state index in [1.807, 2.05) is 25.1 Å². The first-order valence-corrected chi connectivity index (χ1v) is 8.01. The molecule has 1 unspecified atom stereocenters. The average molecular weight is 327 g/mol. The Morgan fingerprint density at radius 1 is 1.32 bits per heavy atom. The Hall–Kier alpha value is -0.540. The van der Waals surface area contributed by atoms with Crippen LogP contribution in [0.25, 0.3) is 0 Å². The summed E-state index contributed by atoms with van der Waals surface area (Å²) in [7, 11) is 0. The molecule has 1 N–H and O–H groups in total. The van der Waals surface area contributed by atoms with E-state index in [4.69, 9.17) is 4.74 Å². The summed E-state index contributed by atoms with van der Waals surface area (Å²) in [6.07, 6.45) is 4.39. The van der Waals surface area contributed by atoms with Gasteiger partial charge in [0.15, 0.2) is 0 Å². The van der Waals surface area contributed by atoms with E-state index in [2.05, 4.69) is 22.9 Å². The highest BCUT2D eigenvalue weighted by atomic mass is 79.9. The molecule has 1 aromatic carbocycles. The largest absolute Gasteiger partial charge is 0.493 e. The molecule has 1 fully saturated rings. The molecule has 19 heavy (non-hydrogen) atoms. The van der Waals surface area contributed by atoms with Crippen LogP contribution in [0.5, 0.6) is 5.75 Å². The van der Waals surface area contributed by atoms with E-state index in [0.29, 0.717) is 12.5 Å². The summed E-state index contributed by atoms with van der Waals surface area (Å²) in [5, 5.41) is 10.5. The molecule has 1 aliphatic rings. The average Bonchev–Trinajstić information content (AvgIpc) is 2.41. The first-order valence-electron chi connectivity index (χ1n) is 7.22. The van der Waals surface area contributed by atoms with Crippen molar-refractivity contribution < 1.29 is 9.84 Å². The number of aliphatic hydroxyl groups excluding tert-OH is 1. The maximum absolute atomic E-state index is 10.5.